The summed E-state index contributed by atoms with van der Waals surface area (Å²) >= 11 is 0. The number of unbranched alkanes of at least 4 members (excludes halogenated alkanes) is 2. The van der Waals surface area contributed by atoms with Crippen LogP contribution in [0.3, 0.4) is 0 Å². The summed E-state index contributed by atoms with van der Waals surface area (Å²) in [6, 6.07) is 0. The van der Waals surface area contributed by atoms with Gasteiger partial charge in [0.25, 0.3) is 0 Å². The number of rotatable bonds is 15. The summed E-state index contributed by atoms with van der Waals surface area (Å²) in [5.41, 5.74) is 0.428. The molecule has 1 N–H and O–H groups in total. The number of fused-ring (bicyclic) bond motifs is 1. The van der Waals surface area contributed by atoms with Crippen molar-refractivity contribution >= 4 is 5.97 Å². The first-order chi connectivity index (χ1) is 17.9. The number of aliphatic hydroxyl groups is 1. The summed E-state index contributed by atoms with van der Waals surface area (Å²) in [7, 11) is 0. The van der Waals surface area contributed by atoms with Crippen LogP contribution in [-0.2, 0) is 14.3 Å². The van der Waals surface area contributed by atoms with E-state index in [4.69, 9.17) is 9.47 Å². The van der Waals surface area contributed by atoms with Crippen LogP contribution in [0.25, 0.3) is 0 Å². The molecule has 0 amide bonds. The van der Waals surface area contributed by atoms with E-state index in [2.05, 4.69) is 20.1 Å². The van der Waals surface area contributed by atoms with Gasteiger partial charge >= 0.3 is 5.97 Å². The molecule has 0 radical (unpaired) electrons. The molecule has 0 saturated heterocycles. The van der Waals surface area contributed by atoms with E-state index in [9.17, 15) is 9.90 Å². The van der Waals surface area contributed by atoms with Gasteiger partial charge in [0, 0.05) is 11.5 Å². The fourth-order valence-corrected chi connectivity index (χ4v) is 7.61. The maximum atomic E-state index is 11.9. The minimum absolute atomic E-state index is 0.139. The van der Waals surface area contributed by atoms with Crippen molar-refractivity contribution < 1.29 is 19.4 Å². The van der Waals surface area contributed by atoms with E-state index in [1.165, 1.54) is 103 Å². The first-order valence-electron chi connectivity index (χ1n) is 15.6. The zero-order valence-electron chi connectivity index (χ0n) is 24.1. The highest BCUT2D eigenvalue weighted by Crippen LogP contribution is 2.47. The molecule has 212 valence electrons. The standard InChI is InChI=1S/C33H56O4/c1-5-6-7-8-27-13-17-31-20-28(14-18-30(31)19-27)10-9-26-11-15-29(16-12-26)32(22-36-25(4)21-34)23-37-33(35)24(2)3/h26-32,34H,2,4-23H2,1,3H3. The van der Waals surface area contributed by atoms with Crippen LogP contribution in [0.5, 0.6) is 0 Å². The summed E-state index contributed by atoms with van der Waals surface area (Å²) < 4.78 is 11.2. The summed E-state index contributed by atoms with van der Waals surface area (Å²) in [5, 5.41) is 9.24. The molecule has 0 aromatic heterocycles. The second-order valence-electron chi connectivity index (χ2n) is 12.9. The van der Waals surface area contributed by atoms with Crippen molar-refractivity contribution in [1.82, 2.24) is 0 Å². The minimum Gasteiger partial charge on any atom is -0.496 e. The number of ether oxygens (including phenoxy) is 2. The summed E-state index contributed by atoms with van der Waals surface area (Å²) in [4.78, 5) is 11.9. The Morgan fingerprint density at radius 2 is 1.38 bits per heavy atom. The van der Waals surface area contributed by atoms with Gasteiger partial charge in [-0.25, -0.2) is 4.79 Å². The van der Waals surface area contributed by atoms with Crippen molar-refractivity contribution in [2.24, 2.45) is 41.4 Å². The van der Waals surface area contributed by atoms with Crippen molar-refractivity contribution in [3.05, 3.63) is 24.5 Å². The molecular weight excluding hydrogens is 460 g/mol. The van der Waals surface area contributed by atoms with E-state index in [1.54, 1.807) is 6.92 Å². The maximum Gasteiger partial charge on any atom is 0.333 e. The van der Waals surface area contributed by atoms with Gasteiger partial charge in [0.15, 0.2) is 0 Å². The maximum absolute atomic E-state index is 11.9. The highest BCUT2D eigenvalue weighted by molar-refractivity contribution is 5.86. The largest absolute Gasteiger partial charge is 0.496 e. The van der Waals surface area contributed by atoms with Gasteiger partial charge < -0.3 is 14.6 Å². The minimum atomic E-state index is -0.334. The fourth-order valence-electron chi connectivity index (χ4n) is 7.61. The molecule has 3 aliphatic carbocycles. The predicted octanol–water partition coefficient (Wildman–Crippen LogP) is 8.24. The Balaban J connectivity index is 1.37. The lowest BCUT2D eigenvalue weighted by atomic mass is 9.63. The van der Waals surface area contributed by atoms with Crippen LogP contribution in [0.2, 0.25) is 0 Å². The SMILES string of the molecule is C=C(CO)OCC(COC(=O)C(=C)C)C1CCC(CCC2CCC3CC(CCCCC)CCC3C2)CC1. The van der Waals surface area contributed by atoms with Crippen LogP contribution in [0, 0.1) is 41.4 Å². The third-order valence-corrected chi connectivity index (χ3v) is 10.0. The lowest BCUT2D eigenvalue weighted by Crippen LogP contribution is -2.32. The Morgan fingerprint density at radius 1 is 0.811 bits per heavy atom. The lowest BCUT2D eigenvalue weighted by molar-refractivity contribution is -0.141. The molecule has 0 aromatic rings. The van der Waals surface area contributed by atoms with E-state index in [0.717, 1.165) is 29.6 Å². The average Bonchev–Trinajstić information content (AvgIpc) is 2.92. The van der Waals surface area contributed by atoms with Gasteiger partial charge in [0.2, 0.25) is 0 Å². The Hall–Kier alpha value is -1.29. The quantitative estimate of drug-likeness (QED) is 0.103. The van der Waals surface area contributed by atoms with E-state index in [1.807, 2.05) is 0 Å². The van der Waals surface area contributed by atoms with Gasteiger partial charge in [0.1, 0.15) is 5.76 Å². The number of carbonyl (C=O) groups excluding carboxylic acids is 1. The van der Waals surface area contributed by atoms with Gasteiger partial charge in [-0.3, -0.25) is 0 Å². The van der Waals surface area contributed by atoms with Gasteiger partial charge in [-0.2, -0.15) is 0 Å². The third-order valence-electron chi connectivity index (χ3n) is 10.0. The molecule has 3 aliphatic rings. The van der Waals surface area contributed by atoms with Gasteiger partial charge in [-0.05, 0) is 81.0 Å². The molecule has 0 spiro atoms. The van der Waals surface area contributed by atoms with Crippen molar-refractivity contribution in [2.45, 2.75) is 117 Å². The molecule has 5 atom stereocenters. The van der Waals surface area contributed by atoms with Crippen LogP contribution >= 0.6 is 0 Å². The van der Waals surface area contributed by atoms with E-state index < -0.39 is 0 Å². The van der Waals surface area contributed by atoms with Crippen molar-refractivity contribution in [3.63, 3.8) is 0 Å². The topological polar surface area (TPSA) is 55.8 Å². The van der Waals surface area contributed by atoms with Gasteiger partial charge in [0.05, 0.1) is 19.8 Å². The van der Waals surface area contributed by atoms with Crippen molar-refractivity contribution in [2.75, 3.05) is 19.8 Å². The van der Waals surface area contributed by atoms with Crippen molar-refractivity contribution in [3.8, 4) is 0 Å². The van der Waals surface area contributed by atoms with E-state index >= 15 is 0 Å². The van der Waals surface area contributed by atoms with Crippen LogP contribution < -0.4 is 0 Å². The van der Waals surface area contributed by atoms with E-state index in [-0.39, 0.29) is 18.5 Å². The zero-order chi connectivity index (χ0) is 26.6. The molecule has 3 saturated carbocycles. The van der Waals surface area contributed by atoms with Crippen LogP contribution in [-0.4, -0.2) is 30.9 Å². The monoisotopic (exact) mass is 516 g/mol. The normalized spacial score (nSPS) is 30.7. The smallest absolute Gasteiger partial charge is 0.333 e. The van der Waals surface area contributed by atoms with Crippen LogP contribution in [0.1, 0.15) is 117 Å². The molecule has 0 aromatic carbocycles. The fraction of sp³-hybridized carbons (Fsp3) is 0.848. The number of hydrogen-bond acceptors (Lipinski definition) is 4. The third kappa shape index (κ3) is 10.1. The van der Waals surface area contributed by atoms with Crippen LogP contribution in [0.15, 0.2) is 24.5 Å². The summed E-state index contributed by atoms with van der Waals surface area (Å²) in [5.74, 6) is 5.56. The second-order valence-corrected chi connectivity index (χ2v) is 12.9. The number of hydrogen-bond donors (Lipinski definition) is 1. The molecule has 3 rings (SSSR count). The van der Waals surface area contributed by atoms with Gasteiger partial charge in [-0.15, -0.1) is 0 Å². The molecule has 0 bridgehead atoms. The molecular formula is C33H56O4. The number of carbonyl (C=O) groups is 1. The van der Waals surface area contributed by atoms with Crippen LogP contribution in [0.4, 0.5) is 0 Å². The Kier molecular flexibility index (Phi) is 13.1. The molecule has 37 heavy (non-hydrogen) atoms. The molecule has 0 aliphatic heterocycles. The summed E-state index contributed by atoms with van der Waals surface area (Å²) in [6.45, 7) is 12.1. The highest BCUT2D eigenvalue weighted by atomic mass is 16.5. The summed E-state index contributed by atoms with van der Waals surface area (Å²) in [6.07, 6.45) is 22.4. The lowest BCUT2D eigenvalue weighted by Gasteiger charge is -2.43. The first kappa shape index (κ1) is 30.3. The Labute approximate surface area is 227 Å². The highest BCUT2D eigenvalue weighted by Gasteiger charge is 2.36. The van der Waals surface area contributed by atoms with Gasteiger partial charge in [-0.1, -0.05) is 84.3 Å². The molecule has 5 unspecified atom stereocenters. The Bertz CT molecular complexity index is 707. The number of esters is 1. The first-order valence-corrected chi connectivity index (χ1v) is 15.6. The molecule has 0 heterocycles. The zero-order valence-corrected chi connectivity index (χ0v) is 24.1. The molecule has 4 nitrogen and oxygen atoms in total. The van der Waals surface area contributed by atoms with E-state index in [0.29, 0.717) is 30.5 Å². The second kappa shape index (κ2) is 16.0. The number of aliphatic hydroxyl groups excluding tert-OH is 1. The molecule has 4 heteroatoms. The predicted molar refractivity (Wildman–Crippen MR) is 152 cm³/mol. The average molecular weight is 517 g/mol. The molecule has 3 fully saturated rings. The Morgan fingerprint density at radius 3 is 1.97 bits per heavy atom. The van der Waals surface area contributed by atoms with Crippen molar-refractivity contribution in [1.29, 1.82) is 0 Å².